The minimum atomic E-state index is -0.0107. The third kappa shape index (κ3) is 3.31. The summed E-state index contributed by atoms with van der Waals surface area (Å²) in [5, 5.41) is 3.87. The van der Waals surface area contributed by atoms with Gasteiger partial charge in [0.2, 0.25) is 0 Å². The van der Waals surface area contributed by atoms with Gasteiger partial charge in [-0.2, -0.15) is 0 Å². The van der Waals surface area contributed by atoms with Gasteiger partial charge in [0.25, 0.3) is 0 Å². The van der Waals surface area contributed by atoms with Crippen LogP contribution in [-0.4, -0.2) is 23.2 Å². The molecule has 0 bridgehead atoms. The third-order valence-corrected chi connectivity index (χ3v) is 4.23. The molecule has 1 fully saturated rings. The Bertz CT molecular complexity index is 435. The third-order valence-electron chi connectivity index (χ3n) is 4.01. The number of ether oxygens (including phenoxy) is 1. The van der Waals surface area contributed by atoms with Crippen molar-refractivity contribution in [3.63, 3.8) is 0 Å². The number of nitrogen functional groups attached to an aromatic ring is 1. The predicted octanol–water partition coefficient (Wildman–Crippen LogP) is 3.47. The van der Waals surface area contributed by atoms with E-state index in [1.54, 1.807) is 12.1 Å². The standard InChI is InChI=1S/C14H22ClN3O/c1-3-14(4-2)9-10(7-8-19-14)17-13-11(16)5-6-12(15)18-13/h5-6,10H,3-4,7-9,16H2,1-2H3,(H,17,18). The van der Waals surface area contributed by atoms with Crippen molar-refractivity contribution in [3.8, 4) is 0 Å². The number of nitrogens with zero attached hydrogens (tertiary/aromatic N) is 1. The lowest BCUT2D eigenvalue weighted by molar-refractivity contribution is -0.0864. The van der Waals surface area contributed by atoms with Gasteiger partial charge in [-0.1, -0.05) is 25.4 Å². The second kappa shape index (κ2) is 5.97. The van der Waals surface area contributed by atoms with E-state index in [1.807, 2.05) is 0 Å². The van der Waals surface area contributed by atoms with E-state index in [2.05, 4.69) is 24.1 Å². The molecule has 4 nitrogen and oxygen atoms in total. The first-order chi connectivity index (χ1) is 9.08. The van der Waals surface area contributed by atoms with E-state index in [0.29, 0.717) is 22.7 Å². The number of rotatable bonds is 4. The summed E-state index contributed by atoms with van der Waals surface area (Å²) in [6.07, 6.45) is 4.00. The molecule has 0 radical (unpaired) electrons. The van der Waals surface area contributed by atoms with Crippen LogP contribution in [-0.2, 0) is 4.74 Å². The van der Waals surface area contributed by atoms with Gasteiger partial charge in [0.15, 0.2) is 5.82 Å². The van der Waals surface area contributed by atoms with E-state index in [-0.39, 0.29) is 5.60 Å². The summed E-state index contributed by atoms with van der Waals surface area (Å²) in [4.78, 5) is 4.25. The summed E-state index contributed by atoms with van der Waals surface area (Å²) >= 11 is 5.91. The summed E-state index contributed by atoms with van der Waals surface area (Å²) < 4.78 is 5.97. The van der Waals surface area contributed by atoms with Crippen molar-refractivity contribution < 1.29 is 4.74 Å². The van der Waals surface area contributed by atoms with Gasteiger partial charge >= 0.3 is 0 Å². The molecule has 2 rings (SSSR count). The Labute approximate surface area is 119 Å². The number of pyridine rings is 1. The summed E-state index contributed by atoms with van der Waals surface area (Å²) in [7, 11) is 0. The molecule has 1 atom stereocenters. The Morgan fingerprint density at radius 1 is 1.47 bits per heavy atom. The fourth-order valence-electron chi connectivity index (χ4n) is 2.65. The van der Waals surface area contributed by atoms with E-state index in [1.165, 1.54) is 0 Å². The molecule has 2 heterocycles. The van der Waals surface area contributed by atoms with Gasteiger partial charge in [0.05, 0.1) is 11.3 Å². The monoisotopic (exact) mass is 283 g/mol. The van der Waals surface area contributed by atoms with E-state index < -0.39 is 0 Å². The number of hydrogen-bond acceptors (Lipinski definition) is 4. The van der Waals surface area contributed by atoms with Crippen LogP contribution in [0.4, 0.5) is 11.5 Å². The van der Waals surface area contributed by atoms with Crippen LogP contribution in [0.1, 0.15) is 39.5 Å². The summed E-state index contributed by atoms with van der Waals surface area (Å²) in [6, 6.07) is 3.82. The normalized spacial score (nSPS) is 22.2. The van der Waals surface area contributed by atoms with Crippen LogP contribution in [0.15, 0.2) is 12.1 Å². The average Bonchev–Trinajstić information content (AvgIpc) is 2.43. The molecule has 1 aliphatic heterocycles. The lowest BCUT2D eigenvalue weighted by atomic mass is 9.86. The first kappa shape index (κ1) is 14.4. The minimum Gasteiger partial charge on any atom is -0.396 e. The average molecular weight is 284 g/mol. The van der Waals surface area contributed by atoms with Crippen LogP contribution < -0.4 is 11.1 Å². The van der Waals surface area contributed by atoms with Gasteiger partial charge in [-0.15, -0.1) is 0 Å². The molecule has 1 saturated heterocycles. The molecule has 0 aliphatic carbocycles. The minimum absolute atomic E-state index is 0.0107. The molecule has 1 aliphatic rings. The molecule has 106 valence electrons. The highest BCUT2D eigenvalue weighted by molar-refractivity contribution is 6.29. The van der Waals surface area contributed by atoms with Crippen molar-refractivity contribution in [2.75, 3.05) is 17.7 Å². The van der Waals surface area contributed by atoms with E-state index in [4.69, 9.17) is 22.1 Å². The molecule has 3 N–H and O–H groups in total. The highest BCUT2D eigenvalue weighted by Crippen LogP contribution is 2.33. The second-order valence-corrected chi connectivity index (χ2v) is 5.53. The van der Waals surface area contributed by atoms with Gasteiger partial charge in [-0.3, -0.25) is 0 Å². The molecule has 19 heavy (non-hydrogen) atoms. The fraction of sp³-hybridized carbons (Fsp3) is 0.643. The molecule has 0 spiro atoms. The number of halogens is 1. The quantitative estimate of drug-likeness (QED) is 0.831. The largest absolute Gasteiger partial charge is 0.396 e. The lowest BCUT2D eigenvalue weighted by Gasteiger charge is -2.40. The van der Waals surface area contributed by atoms with Gasteiger partial charge in [-0.25, -0.2) is 4.98 Å². The van der Waals surface area contributed by atoms with Gasteiger partial charge in [0, 0.05) is 12.6 Å². The van der Waals surface area contributed by atoms with Crippen molar-refractivity contribution in [1.29, 1.82) is 0 Å². The van der Waals surface area contributed by atoms with Gasteiger partial charge in [-0.05, 0) is 37.8 Å². The molecule has 0 saturated carbocycles. The zero-order valence-corrected chi connectivity index (χ0v) is 12.3. The van der Waals surface area contributed by atoms with Crippen molar-refractivity contribution in [2.24, 2.45) is 0 Å². The number of hydrogen-bond donors (Lipinski definition) is 2. The van der Waals surface area contributed by atoms with Crippen LogP contribution in [0.2, 0.25) is 5.15 Å². The first-order valence-corrected chi connectivity index (χ1v) is 7.29. The fourth-order valence-corrected chi connectivity index (χ4v) is 2.80. The Hall–Kier alpha value is -1.00. The summed E-state index contributed by atoms with van der Waals surface area (Å²) in [5.41, 5.74) is 6.55. The number of nitrogens with one attached hydrogen (secondary N) is 1. The van der Waals surface area contributed by atoms with Crippen LogP contribution in [0.25, 0.3) is 0 Å². The Balaban J connectivity index is 2.08. The van der Waals surface area contributed by atoms with Crippen LogP contribution in [0.3, 0.4) is 0 Å². The molecule has 1 unspecified atom stereocenters. The first-order valence-electron chi connectivity index (χ1n) is 6.91. The second-order valence-electron chi connectivity index (χ2n) is 5.14. The van der Waals surface area contributed by atoms with Crippen molar-refractivity contribution in [3.05, 3.63) is 17.3 Å². The smallest absolute Gasteiger partial charge is 0.151 e. The van der Waals surface area contributed by atoms with E-state index in [0.717, 1.165) is 32.3 Å². The molecule has 1 aromatic rings. The van der Waals surface area contributed by atoms with E-state index in [9.17, 15) is 0 Å². The van der Waals surface area contributed by atoms with E-state index >= 15 is 0 Å². The van der Waals surface area contributed by atoms with Crippen molar-refractivity contribution >= 4 is 23.1 Å². The Kier molecular flexibility index (Phi) is 4.53. The highest BCUT2D eigenvalue weighted by Gasteiger charge is 2.34. The maximum absolute atomic E-state index is 5.97. The Morgan fingerprint density at radius 2 is 2.21 bits per heavy atom. The Morgan fingerprint density at radius 3 is 2.89 bits per heavy atom. The summed E-state index contributed by atoms with van der Waals surface area (Å²) in [6.45, 7) is 5.13. The zero-order chi connectivity index (χ0) is 13.9. The molecular weight excluding hydrogens is 262 g/mol. The highest BCUT2D eigenvalue weighted by atomic mass is 35.5. The molecule has 0 amide bonds. The molecule has 0 aromatic carbocycles. The van der Waals surface area contributed by atoms with Crippen LogP contribution >= 0.6 is 11.6 Å². The number of nitrogens with two attached hydrogens (primary N) is 1. The maximum atomic E-state index is 5.97. The van der Waals surface area contributed by atoms with Crippen molar-refractivity contribution in [1.82, 2.24) is 4.98 Å². The van der Waals surface area contributed by atoms with Crippen LogP contribution in [0.5, 0.6) is 0 Å². The predicted molar refractivity (Wildman–Crippen MR) is 79.6 cm³/mol. The lowest BCUT2D eigenvalue weighted by Crippen LogP contribution is -2.43. The molecule has 1 aromatic heterocycles. The number of anilines is 2. The summed E-state index contributed by atoms with van der Waals surface area (Å²) in [5.74, 6) is 0.681. The molecular formula is C14H22ClN3O. The van der Waals surface area contributed by atoms with Gasteiger partial charge in [0.1, 0.15) is 5.15 Å². The zero-order valence-electron chi connectivity index (χ0n) is 11.6. The van der Waals surface area contributed by atoms with Crippen molar-refractivity contribution in [2.45, 2.75) is 51.2 Å². The van der Waals surface area contributed by atoms with Crippen LogP contribution in [0, 0.1) is 0 Å². The molecule has 5 heteroatoms. The van der Waals surface area contributed by atoms with Gasteiger partial charge < -0.3 is 15.8 Å². The number of aromatic nitrogens is 1. The topological polar surface area (TPSA) is 60.2 Å². The maximum Gasteiger partial charge on any atom is 0.151 e. The SMILES string of the molecule is CCC1(CC)CC(Nc2nc(Cl)ccc2N)CCO1.